The number of amides is 2. The molecular formula is C14H17NO2. The van der Waals surface area contributed by atoms with Crippen molar-refractivity contribution < 1.29 is 9.59 Å². The Balaban J connectivity index is 1.79. The summed E-state index contributed by atoms with van der Waals surface area (Å²) in [5.74, 6) is 0.858. The van der Waals surface area contributed by atoms with E-state index in [4.69, 9.17) is 0 Å². The van der Waals surface area contributed by atoms with Gasteiger partial charge in [-0.15, -0.1) is 0 Å². The number of carbonyl (C=O) groups excluding carboxylic acids is 2. The molecule has 0 unspecified atom stereocenters. The van der Waals surface area contributed by atoms with Crippen molar-refractivity contribution >= 4 is 11.8 Å². The van der Waals surface area contributed by atoms with Crippen LogP contribution in [0.15, 0.2) is 12.2 Å². The molecule has 1 saturated heterocycles. The van der Waals surface area contributed by atoms with Gasteiger partial charge in [-0.1, -0.05) is 12.2 Å². The molecule has 0 aromatic carbocycles. The lowest BCUT2D eigenvalue weighted by Crippen LogP contribution is -2.39. The van der Waals surface area contributed by atoms with E-state index in [-0.39, 0.29) is 29.7 Å². The zero-order valence-corrected chi connectivity index (χ0v) is 10.2. The molecule has 0 aromatic rings. The first kappa shape index (κ1) is 9.86. The Bertz CT molecular complexity index is 427. The topological polar surface area (TPSA) is 37.4 Å². The first-order valence-electron chi connectivity index (χ1n) is 6.63. The van der Waals surface area contributed by atoms with Gasteiger partial charge in [0, 0.05) is 6.04 Å². The smallest absolute Gasteiger partial charge is 0.233 e. The Morgan fingerprint density at radius 3 is 1.94 bits per heavy atom. The lowest BCUT2D eigenvalue weighted by Gasteiger charge is -2.24. The fourth-order valence-electron chi connectivity index (χ4n) is 4.61. The minimum Gasteiger partial charge on any atom is -0.280 e. The van der Waals surface area contributed by atoms with Gasteiger partial charge in [0.2, 0.25) is 11.8 Å². The first-order chi connectivity index (χ1) is 8.08. The Morgan fingerprint density at radius 1 is 1.12 bits per heavy atom. The Morgan fingerprint density at radius 2 is 1.59 bits per heavy atom. The van der Waals surface area contributed by atoms with Gasteiger partial charge in [0.25, 0.3) is 0 Å². The number of fused-ring (bicyclic) bond motifs is 3. The van der Waals surface area contributed by atoms with Crippen LogP contribution in [0, 0.1) is 29.1 Å². The van der Waals surface area contributed by atoms with Crippen molar-refractivity contribution in [2.45, 2.75) is 32.7 Å². The summed E-state index contributed by atoms with van der Waals surface area (Å²) in [5, 5.41) is 0. The molecule has 1 heterocycles. The largest absolute Gasteiger partial charge is 0.280 e. The molecule has 2 bridgehead atoms. The molecule has 1 aliphatic heterocycles. The Kier molecular flexibility index (Phi) is 1.54. The maximum atomic E-state index is 12.4. The number of nitrogens with zero attached hydrogens (tertiary/aromatic N) is 1. The zero-order chi connectivity index (χ0) is 11.9. The highest BCUT2D eigenvalue weighted by Gasteiger charge is 2.73. The van der Waals surface area contributed by atoms with Crippen molar-refractivity contribution in [3.05, 3.63) is 12.2 Å². The van der Waals surface area contributed by atoms with E-state index in [1.165, 1.54) is 17.7 Å². The maximum absolute atomic E-state index is 12.4. The molecule has 3 heteroatoms. The molecule has 3 aliphatic carbocycles. The molecular weight excluding hydrogens is 214 g/mol. The highest BCUT2D eigenvalue weighted by atomic mass is 16.2. The standard InChI is InChI=1S/C14H17NO2/c1-7(2)15-12(16)10-8-3-4-9(11(10)13(15)17)14(8)5-6-14/h3-4,7-11H,5-6H2,1-2H3/t8-,9-,10-,11-/m0/s1. The number of imide groups is 1. The quantitative estimate of drug-likeness (QED) is 0.507. The molecule has 3 nitrogen and oxygen atoms in total. The normalized spacial score (nSPS) is 44.3. The van der Waals surface area contributed by atoms with Gasteiger partial charge in [-0.3, -0.25) is 14.5 Å². The third-order valence-corrected chi connectivity index (χ3v) is 5.40. The average Bonchev–Trinajstić information content (AvgIpc) is 2.85. The Hall–Kier alpha value is -1.12. The molecule has 2 amide bonds. The zero-order valence-electron chi connectivity index (χ0n) is 10.2. The molecule has 4 atom stereocenters. The van der Waals surface area contributed by atoms with Gasteiger partial charge in [-0.25, -0.2) is 0 Å². The van der Waals surface area contributed by atoms with E-state index in [0.29, 0.717) is 17.3 Å². The highest BCUT2D eigenvalue weighted by molar-refractivity contribution is 6.07. The third kappa shape index (κ3) is 0.883. The Labute approximate surface area is 101 Å². The second-order valence-corrected chi connectivity index (χ2v) is 6.36. The summed E-state index contributed by atoms with van der Waals surface area (Å²) >= 11 is 0. The van der Waals surface area contributed by atoms with Crippen molar-refractivity contribution in [1.82, 2.24) is 4.90 Å². The van der Waals surface area contributed by atoms with E-state index in [9.17, 15) is 9.59 Å². The van der Waals surface area contributed by atoms with E-state index in [1.54, 1.807) is 0 Å². The van der Waals surface area contributed by atoms with Crippen LogP contribution in [0.3, 0.4) is 0 Å². The molecule has 0 N–H and O–H groups in total. The number of rotatable bonds is 1. The van der Waals surface area contributed by atoms with Crippen LogP contribution in [0.2, 0.25) is 0 Å². The number of carbonyl (C=O) groups is 2. The van der Waals surface area contributed by atoms with E-state index in [1.807, 2.05) is 13.8 Å². The summed E-state index contributed by atoms with van der Waals surface area (Å²) in [6.07, 6.45) is 6.86. The maximum Gasteiger partial charge on any atom is 0.233 e. The van der Waals surface area contributed by atoms with Crippen LogP contribution in [0.5, 0.6) is 0 Å². The van der Waals surface area contributed by atoms with Gasteiger partial charge >= 0.3 is 0 Å². The molecule has 0 radical (unpaired) electrons. The molecule has 90 valence electrons. The van der Waals surface area contributed by atoms with Crippen molar-refractivity contribution in [1.29, 1.82) is 0 Å². The van der Waals surface area contributed by atoms with Crippen molar-refractivity contribution in [2.75, 3.05) is 0 Å². The lowest BCUT2D eigenvalue weighted by atomic mass is 9.85. The van der Waals surface area contributed by atoms with Gasteiger partial charge in [0.1, 0.15) is 0 Å². The van der Waals surface area contributed by atoms with Gasteiger partial charge in [-0.05, 0) is 43.9 Å². The second-order valence-electron chi connectivity index (χ2n) is 6.36. The van der Waals surface area contributed by atoms with Crippen molar-refractivity contribution in [3.8, 4) is 0 Å². The van der Waals surface area contributed by atoms with Gasteiger partial charge in [0.15, 0.2) is 0 Å². The van der Waals surface area contributed by atoms with Crippen LogP contribution < -0.4 is 0 Å². The molecule has 4 rings (SSSR count). The van der Waals surface area contributed by atoms with Crippen LogP contribution in [-0.2, 0) is 9.59 Å². The summed E-state index contributed by atoms with van der Waals surface area (Å²) in [5.41, 5.74) is 0.323. The second kappa shape index (κ2) is 2.65. The summed E-state index contributed by atoms with van der Waals surface area (Å²) in [4.78, 5) is 26.3. The summed E-state index contributed by atoms with van der Waals surface area (Å²) in [6.45, 7) is 3.86. The minimum absolute atomic E-state index is 0.00940. The molecule has 17 heavy (non-hydrogen) atoms. The molecule has 0 aromatic heterocycles. The number of likely N-dealkylation sites (tertiary alicyclic amines) is 1. The highest BCUT2D eigenvalue weighted by Crippen LogP contribution is 2.73. The van der Waals surface area contributed by atoms with E-state index in [0.717, 1.165) is 0 Å². The van der Waals surface area contributed by atoms with Gasteiger partial charge < -0.3 is 0 Å². The SMILES string of the molecule is CC(C)N1C(=O)[C@@H]2[C@@H](C1=O)[C@@H]1C=C[C@@H]2C12CC2. The van der Waals surface area contributed by atoms with Crippen LogP contribution in [0.4, 0.5) is 0 Å². The minimum atomic E-state index is -0.0256. The van der Waals surface area contributed by atoms with E-state index >= 15 is 0 Å². The van der Waals surface area contributed by atoms with Crippen LogP contribution in [0.1, 0.15) is 26.7 Å². The number of allylic oxidation sites excluding steroid dienone is 2. The number of hydrogen-bond donors (Lipinski definition) is 0. The predicted octanol–water partition coefficient (Wildman–Crippen LogP) is 1.59. The van der Waals surface area contributed by atoms with Crippen LogP contribution >= 0.6 is 0 Å². The fraction of sp³-hybridized carbons (Fsp3) is 0.714. The summed E-state index contributed by atoms with van der Waals surface area (Å²) < 4.78 is 0. The van der Waals surface area contributed by atoms with Crippen LogP contribution in [-0.4, -0.2) is 22.8 Å². The lowest BCUT2D eigenvalue weighted by molar-refractivity contribution is -0.143. The van der Waals surface area contributed by atoms with Crippen molar-refractivity contribution in [2.24, 2.45) is 29.1 Å². The van der Waals surface area contributed by atoms with Crippen molar-refractivity contribution in [3.63, 3.8) is 0 Å². The molecule has 1 spiro atoms. The summed E-state index contributed by atoms with van der Waals surface area (Å²) in [6, 6.07) is 0.00940. The van der Waals surface area contributed by atoms with Crippen LogP contribution in [0.25, 0.3) is 0 Å². The van der Waals surface area contributed by atoms with E-state index in [2.05, 4.69) is 12.2 Å². The van der Waals surface area contributed by atoms with Gasteiger partial charge in [-0.2, -0.15) is 0 Å². The van der Waals surface area contributed by atoms with Gasteiger partial charge in [0.05, 0.1) is 11.8 Å². The summed E-state index contributed by atoms with van der Waals surface area (Å²) in [7, 11) is 0. The predicted molar refractivity (Wildman–Crippen MR) is 61.8 cm³/mol. The molecule has 2 saturated carbocycles. The fourth-order valence-corrected chi connectivity index (χ4v) is 4.61. The average molecular weight is 231 g/mol. The molecule has 3 fully saturated rings. The molecule has 4 aliphatic rings. The third-order valence-electron chi connectivity index (χ3n) is 5.40. The number of hydrogen-bond acceptors (Lipinski definition) is 2. The van der Waals surface area contributed by atoms with E-state index < -0.39 is 0 Å². The monoisotopic (exact) mass is 231 g/mol. The first-order valence-corrected chi connectivity index (χ1v) is 6.63.